The van der Waals surface area contributed by atoms with Gasteiger partial charge in [0, 0.05) is 50.0 Å². The number of hydrogen-bond donors (Lipinski definition) is 1. The van der Waals surface area contributed by atoms with Gasteiger partial charge in [-0.25, -0.2) is 0 Å². The van der Waals surface area contributed by atoms with E-state index in [-0.39, 0.29) is 0 Å². The van der Waals surface area contributed by atoms with E-state index >= 15 is 0 Å². The van der Waals surface area contributed by atoms with E-state index in [1.54, 1.807) is 7.11 Å². The molecule has 0 atom stereocenters. The molecule has 3 aromatic rings. The van der Waals surface area contributed by atoms with Crippen LogP contribution in [0.4, 0.5) is 0 Å². The summed E-state index contributed by atoms with van der Waals surface area (Å²) in [5, 5.41) is 8.52. The second-order valence-electron chi connectivity index (χ2n) is 7.52. The molecular formula is C24H30N4O2. The summed E-state index contributed by atoms with van der Waals surface area (Å²) < 4.78 is 13.1. The van der Waals surface area contributed by atoms with Crippen LogP contribution in [0.25, 0.3) is 11.3 Å². The zero-order chi connectivity index (χ0) is 20.6. The molecule has 158 valence electrons. The highest BCUT2D eigenvalue weighted by molar-refractivity contribution is 5.69. The van der Waals surface area contributed by atoms with Crippen LogP contribution in [0.15, 0.2) is 60.8 Å². The molecule has 0 bridgehead atoms. The molecule has 1 aliphatic rings. The average molecular weight is 407 g/mol. The first-order valence-corrected chi connectivity index (χ1v) is 10.6. The fraction of sp³-hybridized carbons (Fsp3) is 0.375. The van der Waals surface area contributed by atoms with Crippen LogP contribution in [0.1, 0.15) is 11.1 Å². The van der Waals surface area contributed by atoms with E-state index < -0.39 is 0 Å². The summed E-state index contributed by atoms with van der Waals surface area (Å²) in [7, 11) is 1.71. The molecule has 6 nitrogen and oxygen atoms in total. The molecule has 1 N–H and O–H groups in total. The third-order valence-corrected chi connectivity index (χ3v) is 5.41. The second kappa shape index (κ2) is 10.4. The van der Waals surface area contributed by atoms with Crippen molar-refractivity contribution in [2.75, 3.05) is 46.5 Å². The van der Waals surface area contributed by atoms with Crippen LogP contribution in [0.5, 0.6) is 5.75 Å². The van der Waals surface area contributed by atoms with Crippen molar-refractivity contribution in [3.63, 3.8) is 0 Å². The lowest BCUT2D eigenvalue weighted by Gasteiger charge is -2.26. The molecule has 30 heavy (non-hydrogen) atoms. The van der Waals surface area contributed by atoms with Crippen molar-refractivity contribution >= 4 is 0 Å². The van der Waals surface area contributed by atoms with Crippen molar-refractivity contribution in [3.8, 4) is 17.0 Å². The van der Waals surface area contributed by atoms with E-state index in [4.69, 9.17) is 14.6 Å². The quantitative estimate of drug-likeness (QED) is 0.554. The van der Waals surface area contributed by atoms with Gasteiger partial charge in [-0.05, 0) is 17.7 Å². The summed E-state index contributed by atoms with van der Waals surface area (Å²) in [4.78, 5) is 2.44. The van der Waals surface area contributed by atoms with Gasteiger partial charge in [-0.15, -0.1) is 0 Å². The Morgan fingerprint density at radius 2 is 1.80 bits per heavy atom. The van der Waals surface area contributed by atoms with Crippen LogP contribution in [0.3, 0.4) is 0 Å². The maximum Gasteiger partial charge on any atom is 0.128 e. The Morgan fingerprint density at radius 3 is 2.60 bits per heavy atom. The molecule has 4 rings (SSSR count). The minimum absolute atomic E-state index is 0.747. The normalized spacial score (nSPS) is 14.7. The number of aromatic nitrogens is 2. The second-order valence-corrected chi connectivity index (χ2v) is 7.52. The van der Waals surface area contributed by atoms with Gasteiger partial charge >= 0.3 is 0 Å². The van der Waals surface area contributed by atoms with Gasteiger partial charge in [-0.3, -0.25) is 9.58 Å². The van der Waals surface area contributed by atoms with Crippen molar-refractivity contribution in [1.29, 1.82) is 0 Å². The molecule has 2 heterocycles. The van der Waals surface area contributed by atoms with Gasteiger partial charge in [0.15, 0.2) is 0 Å². The average Bonchev–Trinajstić information content (AvgIpc) is 3.20. The number of nitrogens with zero attached hydrogens (tertiary/aromatic N) is 3. The molecule has 0 spiro atoms. The van der Waals surface area contributed by atoms with Gasteiger partial charge in [0.05, 0.1) is 26.9 Å². The zero-order valence-electron chi connectivity index (χ0n) is 17.6. The Balaban J connectivity index is 1.49. The smallest absolute Gasteiger partial charge is 0.128 e. The first kappa shape index (κ1) is 20.6. The monoisotopic (exact) mass is 406 g/mol. The molecule has 2 aromatic carbocycles. The van der Waals surface area contributed by atoms with Crippen LogP contribution < -0.4 is 10.1 Å². The van der Waals surface area contributed by atoms with Crippen LogP contribution in [0, 0.1) is 0 Å². The van der Waals surface area contributed by atoms with Crippen molar-refractivity contribution < 1.29 is 9.47 Å². The minimum Gasteiger partial charge on any atom is -0.496 e. The van der Waals surface area contributed by atoms with E-state index in [0.717, 1.165) is 69.5 Å². The number of para-hydroxylation sites is 1. The molecule has 1 aliphatic heterocycles. The largest absolute Gasteiger partial charge is 0.496 e. The van der Waals surface area contributed by atoms with Gasteiger partial charge in [0.2, 0.25) is 0 Å². The number of ether oxygens (including phenoxy) is 2. The van der Waals surface area contributed by atoms with Gasteiger partial charge in [0.25, 0.3) is 0 Å². The minimum atomic E-state index is 0.747. The van der Waals surface area contributed by atoms with E-state index in [0.29, 0.717) is 0 Å². The Labute approximate surface area is 178 Å². The lowest BCUT2D eigenvalue weighted by molar-refractivity contribution is 0.0384. The fourth-order valence-electron chi connectivity index (χ4n) is 3.80. The van der Waals surface area contributed by atoms with Crippen molar-refractivity contribution in [2.45, 2.75) is 13.1 Å². The van der Waals surface area contributed by atoms with E-state index in [2.05, 4.69) is 46.7 Å². The highest BCUT2D eigenvalue weighted by atomic mass is 16.5. The molecule has 0 aliphatic carbocycles. The summed E-state index contributed by atoms with van der Waals surface area (Å²) >= 11 is 0. The molecule has 0 unspecified atom stereocenters. The van der Waals surface area contributed by atoms with E-state index in [9.17, 15) is 0 Å². The lowest BCUT2D eigenvalue weighted by atomic mass is 10.1. The Bertz CT molecular complexity index is 920. The number of benzene rings is 2. The Kier molecular flexibility index (Phi) is 7.13. The number of hydrogen-bond acceptors (Lipinski definition) is 5. The van der Waals surface area contributed by atoms with Crippen LogP contribution in [0.2, 0.25) is 0 Å². The van der Waals surface area contributed by atoms with Gasteiger partial charge in [0.1, 0.15) is 11.4 Å². The maximum atomic E-state index is 5.60. The van der Waals surface area contributed by atoms with E-state index in [1.807, 2.05) is 28.9 Å². The van der Waals surface area contributed by atoms with Crippen LogP contribution in [-0.4, -0.2) is 61.2 Å². The summed E-state index contributed by atoms with van der Waals surface area (Å²) in [6.45, 7) is 7.20. The zero-order valence-corrected chi connectivity index (χ0v) is 17.6. The molecule has 0 amide bonds. The van der Waals surface area contributed by atoms with Crippen molar-refractivity contribution in [1.82, 2.24) is 20.0 Å². The SMILES string of the molecule is COc1ccccc1-c1nn(Cc2ccccc2)cc1CNCCN1CCOCC1. The fourth-order valence-corrected chi connectivity index (χ4v) is 3.80. The molecule has 6 heteroatoms. The highest BCUT2D eigenvalue weighted by Crippen LogP contribution is 2.31. The summed E-state index contributed by atoms with van der Waals surface area (Å²) in [6, 6.07) is 18.5. The topological polar surface area (TPSA) is 51.5 Å². The number of morpholine rings is 1. The van der Waals surface area contributed by atoms with Gasteiger partial charge in [-0.1, -0.05) is 42.5 Å². The van der Waals surface area contributed by atoms with Crippen LogP contribution >= 0.6 is 0 Å². The molecule has 1 saturated heterocycles. The van der Waals surface area contributed by atoms with E-state index in [1.165, 1.54) is 11.1 Å². The summed E-state index contributed by atoms with van der Waals surface area (Å²) in [5.74, 6) is 0.844. The van der Waals surface area contributed by atoms with Crippen molar-refractivity contribution in [2.24, 2.45) is 0 Å². The number of rotatable bonds is 9. The maximum absolute atomic E-state index is 5.60. The highest BCUT2D eigenvalue weighted by Gasteiger charge is 2.16. The molecule has 1 aromatic heterocycles. The predicted molar refractivity (Wildman–Crippen MR) is 119 cm³/mol. The third kappa shape index (κ3) is 5.27. The molecule has 0 saturated carbocycles. The number of nitrogens with one attached hydrogen (secondary N) is 1. The van der Waals surface area contributed by atoms with Crippen molar-refractivity contribution in [3.05, 3.63) is 71.9 Å². The summed E-state index contributed by atoms with van der Waals surface area (Å²) in [6.07, 6.45) is 2.15. The third-order valence-electron chi connectivity index (χ3n) is 5.41. The lowest BCUT2D eigenvalue weighted by Crippen LogP contribution is -2.40. The molecule has 0 radical (unpaired) electrons. The Morgan fingerprint density at radius 1 is 1.03 bits per heavy atom. The Hall–Kier alpha value is -2.67. The summed E-state index contributed by atoms with van der Waals surface area (Å²) in [5.41, 5.74) is 4.41. The standard InChI is InChI=1S/C24H30N4O2/c1-29-23-10-6-5-9-22(23)24-21(17-25-11-12-27-13-15-30-16-14-27)19-28(26-24)18-20-7-3-2-4-8-20/h2-10,19,25H,11-18H2,1H3. The predicted octanol–water partition coefficient (Wildman–Crippen LogP) is 3.03. The van der Waals surface area contributed by atoms with Crippen LogP contribution in [-0.2, 0) is 17.8 Å². The first-order chi connectivity index (χ1) is 14.8. The van der Waals surface area contributed by atoms with Gasteiger partial charge < -0.3 is 14.8 Å². The first-order valence-electron chi connectivity index (χ1n) is 10.6. The molecule has 1 fully saturated rings. The molecular weight excluding hydrogens is 376 g/mol. The number of methoxy groups -OCH3 is 1. The van der Waals surface area contributed by atoms with Gasteiger partial charge in [-0.2, -0.15) is 5.10 Å².